The molecule has 3 heteroatoms. The first-order valence-corrected chi connectivity index (χ1v) is 5.17. The lowest BCUT2D eigenvalue weighted by Gasteiger charge is -1.98. The maximum Gasteiger partial charge on any atom is 0.265 e. The number of amides is 1. The average Bonchev–Trinajstić information content (AvgIpc) is 2.95. The number of hydrogen-bond donors (Lipinski definition) is 2. The minimum Gasteiger partial charge on any atom is -0.364 e. The van der Waals surface area contributed by atoms with Gasteiger partial charge in [0.25, 0.3) is 5.91 Å². The van der Waals surface area contributed by atoms with Crippen molar-refractivity contribution in [2.24, 2.45) is 5.73 Å². The number of carbonyl (C=O) groups excluding carboxylic acids is 1. The highest BCUT2D eigenvalue weighted by atomic mass is 16.1. The van der Waals surface area contributed by atoms with E-state index in [0.29, 0.717) is 11.6 Å². The fourth-order valence-corrected chi connectivity index (χ4v) is 2.06. The van der Waals surface area contributed by atoms with E-state index in [0.717, 1.165) is 10.9 Å². The van der Waals surface area contributed by atoms with Crippen LogP contribution >= 0.6 is 0 Å². The van der Waals surface area contributed by atoms with Gasteiger partial charge in [0.1, 0.15) is 5.69 Å². The molecule has 1 aromatic carbocycles. The summed E-state index contributed by atoms with van der Waals surface area (Å²) in [6, 6.07) is 8.01. The molecule has 0 saturated heterocycles. The van der Waals surface area contributed by atoms with Crippen molar-refractivity contribution < 1.29 is 4.79 Å². The number of nitrogens with one attached hydrogen (secondary N) is 1. The molecule has 1 fully saturated rings. The van der Waals surface area contributed by atoms with Gasteiger partial charge in [0, 0.05) is 10.9 Å². The summed E-state index contributed by atoms with van der Waals surface area (Å²) < 4.78 is 0. The van der Waals surface area contributed by atoms with Crippen molar-refractivity contribution in [3.63, 3.8) is 0 Å². The normalized spacial score (nSPS) is 15.7. The highest BCUT2D eigenvalue weighted by Crippen LogP contribution is 2.43. The minimum atomic E-state index is -0.395. The number of aromatic nitrogens is 1. The number of aromatic amines is 1. The van der Waals surface area contributed by atoms with Crippen LogP contribution in [-0.2, 0) is 0 Å². The number of hydrogen-bond acceptors (Lipinski definition) is 1. The van der Waals surface area contributed by atoms with Crippen LogP contribution in [0.15, 0.2) is 24.3 Å². The van der Waals surface area contributed by atoms with E-state index in [4.69, 9.17) is 5.73 Å². The SMILES string of the molecule is NC(=O)c1cc2c(C3CC3)cccc2[nH]1. The Morgan fingerprint density at radius 3 is 2.87 bits per heavy atom. The molecule has 0 atom stereocenters. The van der Waals surface area contributed by atoms with Gasteiger partial charge < -0.3 is 10.7 Å². The van der Waals surface area contributed by atoms with Gasteiger partial charge in [0.05, 0.1) is 0 Å². The number of H-pyrrole nitrogens is 1. The second-order valence-electron chi connectivity index (χ2n) is 4.13. The molecule has 0 bridgehead atoms. The molecule has 1 saturated carbocycles. The van der Waals surface area contributed by atoms with Crippen LogP contribution in [0.25, 0.3) is 10.9 Å². The number of primary amides is 1. The van der Waals surface area contributed by atoms with Crippen molar-refractivity contribution in [3.05, 3.63) is 35.5 Å². The maximum absolute atomic E-state index is 11.1. The van der Waals surface area contributed by atoms with Crippen LogP contribution in [0, 0.1) is 0 Å². The third-order valence-corrected chi connectivity index (χ3v) is 2.98. The van der Waals surface area contributed by atoms with Crippen molar-refractivity contribution in [1.82, 2.24) is 4.98 Å². The number of rotatable bonds is 2. The Morgan fingerprint density at radius 1 is 1.40 bits per heavy atom. The molecule has 3 rings (SSSR count). The fourth-order valence-electron chi connectivity index (χ4n) is 2.06. The molecule has 76 valence electrons. The van der Waals surface area contributed by atoms with Crippen molar-refractivity contribution >= 4 is 16.8 Å². The Kier molecular flexibility index (Phi) is 1.63. The Morgan fingerprint density at radius 2 is 2.20 bits per heavy atom. The Balaban J connectivity index is 2.24. The third-order valence-electron chi connectivity index (χ3n) is 2.98. The van der Waals surface area contributed by atoms with Gasteiger partial charge in [-0.1, -0.05) is 12.1 Å². The molecule has 1 aliphatic carbocycles. The molecular formula is C12H12N2O. The molecule has 3 N–H and O–H groups in total. The first kappa shape index (κ1) is 8.53. The van der Waals surface area contributed by atoms with Gasteiger partial charge in [-0.15, -0.1) is 0 Å². The van der Waals surface area contributed by atoms with Gasteiger partial charge in [0.2, 0.25) is 0 Å². The highest BCUT2D eigenvalue weighted by Gasteiger charge is 2.25. The molecule has 2 aromatic rings. The van der Waals surface area contributed by atoms with E-state index in [1.54, 1.807) is 0 Å². The molecule has 15 heavy (non-hydrogen) atoms. The van der Waals surface area contributed by atoms with Gasteiger partial charge in [-0.3, -0.25) is 4.79 Å². The lowest BCUT2D eigenvalue weighted by atomic mass is 10.1. The number of nitrogens with two attached hydrogens (primary N) is 1. The smallest absolute Gasteiger partial charge is 0.265 e. The molecule has 0 aliphatic heterocycles. The van der Waals surface area contributed by atoms with E-state index in [-0.39, 0.29) is 0 Å². The molecule has 1 aliphatic rings. The molecule has 1 amide bonds. The molecule has 3 nitrogen and oxygen atoms in total. The molecule has 1 heterocycles. The summed E-state index contributed by atoms with van der Waals surface area (Å²) in [5.41, 5.74) is 8.10. The summed E-state index contributed by atoms with van der Waals surface area (Å²) in [6.07, 6.45) is 2.52. The topological polar surface area (TPSA) is 58.9 Å². The van der Waals surface area contributed by atoms with E-state index in [1.807, 2.05) is 18.2 Å². The van der Waals surface area contributed by atoms with E-state index < -0.39 is 5.91 Å². The zero-order chi connectivity index (χ0) is 10.4. The molecule has 0 radical (unpaired) electrons. The monoisotopic (exact) mass is 200 g/mol. The van der Waals surface area contributed by atoms with Crippen molar-refractivity contribution in [2.75, 3.05) is 0 Å². The van der Waals surface area contributed by atoms with Crippen LogP contribution in [-0.4, -0.2) is 10.9 Å². The Hall–Kier alpha value is -1.77. The van der Waals surface area contributed by atoms with Crippen molar-refractivity contribution in [1.29, 1.82) is 0 Å². The fraction of sp³-hybridized carbons (Fsp3) is 0.250. The number of fused-ring (bicyclic) bond motifs is 1. The molecule has 0 spiro atoms. The average molecular weight is 200 g/mol. The van der Waals surface area contributed by atoms with Crippen molar-refractivity contribution in [3.8, 4) is 0 Å². The number of carbonyl (C=O) groups is 1. The van der Waals surface area contributed by atoms with Crippen LogP contribution in [0.2, 0.25) is 0 Å². The van der Waals surface area contributed by atoms with Crippen LogP contribution in [0.3, 0.4) is 0 Å². The summed E-state index contributed by atoms with van der Waals surface area (Å²) in [6.45, 7) is 0. The lowest BCUT2D eigenvalue weighted by Crippen LogP contribution is -2.10. The van der Waals surface area contributed by atoms with E-state index >= 15 is 0 Å². The summed E-state index contributed by atoms with van der Waals surface area (Å²) in [7, 11) is 0. The maximum atomic E-state index is 11.1. The van der Waals surface area contributed by atoms with Crippen LogP contribution in [0.5, 0.6) is 0 Å². The Labute approximate surface area is 87.3 Å². The van der Waals surface area contributed by atoms with E-state index in [1.165, 1.54) is 18.4 Å². The predicted octanol–water partition coefficient (Wildman–Crippen LogP) is 2.14. The van der Waals surface area contributed by atoms with Crippen LogP contribution in [0.1, 0.15) is 34.8 Å². The molecular weight excluding hydrogens is 188 g/mol. The van der Waals surface area contributed by atoms with Crippen LogP contribution < -0.4 is 5.73 Å². The molecule has 0 unspecified atom stereocenters. The minimum absolute atomic E-state index is 0.395. The summed E-state index contributed by atoms with van der Waals surface area (Å²) in [4.78, 5) is 14.1. The van der Waals surface area contributed by atoms with Crippen LogP contribution in [0.4, 0.5) is 0 Å². The second kappa shape index (κ2) is 2.86. The first-order valence-electron chi connectivity index (χ1n) is 5.17. The largest absolute Gasteiger partial charge is 0.364 e. The zero-order valence-electron chi connectivity index (χ0n) is 8.29. The van der Waals surface area contributed by atoms with Gasteiger partial charge >= 0.3 is 0 Å². The van der Waals surface area contributed by atoms with Gasteiger partial charge in [0.15, 0.2) is 0 Å². The van der Waals surface area contributed by atoms with E-state index in [2.05, 4.69) is 11.1 Å². The zero-order valence-corrected chi connectivity index (χ0v) is 8.29. The quantitative estimate of drug-likeness (QED) is 0.766. The highest BCUT2D eigenvalue weighted by molar-refractivity contribution is 5.98. The van der Waals surface area contributed by atoms with Gasteiger partial charge in [-0.2, -0.15) is 0 Å². The van der Waals surface area contributed by atoms with E-state index in [9.17, 15) is 4.79 Å². The third kappa shape index (κ3) is 1.31. The second-order valence-corrected chi connectivity index (χ2v) is 4.13. The summed E-state index contributed by atoms with van der Waals surface area (Å²) in [5, 5.41) is 1.15. The number of benzene rings is 1. The standard InChI is InChI=1S/C12H12N2O/c13-12(15)11-6-9-8(7-4-5-7)2-1-3-10(9)14-11/h1-3,6-7,14H,4-5H2,(H2,13,15). The van der Waals surface area contributed by atoms with Gasteiger partial charge in [-0.05, 0) is 36.5 Å². The molecule has 1 aromatic heterocycles. The first-order chi connectivity index (χ1) is 7.25. The Bertz CT molecular complexity index is 538. The lowest BCUT2D eigenvalue weighted by molar-refractivity contribution is 0.0996. The van der Waals surface area contributed by atoms with Crippen molar-refractivity contribution in [2.45, 2.75) is 18.8 Å². The summed E-state index contributed by atoms with van der Waals surface area (Å²) >= 11 is 0. The summed E-state index contributed by atoms with van der Waals surface area (Å²) in [5.74, 6) is 0.290. The van der Waals surface area contributed by atoms with Gasteiger partial charge in [-0.25, -0.2) is 0 Å². The predicted molar refractivity (Wildman–Crippen MR) is 58.8 cm³/mol.